The maximum atomic E-state index is 4.16. The van der Waals surface area contributed by atoms with Crippen LogP contribution in [0.25, 0.3) is 0 Å². The highest BCUT2D eigenvalue weighted by Gasteiger charge is 2.11. The van der Waals surface area contributed by atoms with Crippen LogP contribution in [0.5, 0.6) is 0 Å². The van der Waals surface area contributed by atoms with Gasteiger partial charge in [0.05, 0.1) is 0 Å². The van der Waals surface area contributed by atoms with E-state index in [1.165, 1.54) is 16.2 Å². The van der Waals surface area contributed by atoms with Gasteiger partial charge in [0, 0.05) is 5.40 Å². The van der Waals surface area contributed by atoms with Crippen LogP contribution < -0.4 is 10.6 Å². The Morgan fingerprint density at radius 3 is 1.56 bits per heavy atom. The van der Waals surface area contributed by atoms with Crippen molar-refractivity contribution >= 4 is 27.8 Å². The standard InChI is InChI=1S/C16H18P2/c1-13(2)16(17-14-9-5-3-6-10-14)18-15-11-7-4-8-12-15/h3-12,16-18H,1H2,2H3. The smallest absolute Gasteiger partial charge is 0.0222 e. The van der Waals surface area contributed by atoms with Crippen molar-refractivity contribution in [1.82, 2.24) is 0 Å². The zero-order valence-electron chi connectivity index (χ0n) is 10.6. The maximum absolute atomic E-state index is 4.16. The number of allylic oxidation sites excluding steroid dienone is 1. The molecule has 0 aliphatic carbocycles. The molecule has 2 aromatic carbocycles. The molecule has 2 rings (SSSR count). The van der Waals surface area contributed by atoms with E-state index < -0.39 is 0 Å². The number of rotatable bonds is 5. The molecule has 0 spiro atoms. The van der Waals surface area contributed by atoms with E-state index in [4.69, 9.17) is 0 Å². The van der Waals surface area contributed by atoms with E-state index in [1.807, 2.05) is 0 Å². The van der Waals surface area contributed by atoms with E-state index in [-0.39, 0.29) is 0 Å². The molecular formula is C16H18P2. The molecule has 0 N–H and O–H groups in total. The molecule has 0 nitrogen and oxygen atoms in total. The van der Waals surface area contributed by atoms with Crippen LogP contribution in [0.3, 0.4) is 0 Å². The molecule has 92 valence electrons. The SMILES string of the molecule is C=C(C)C(Pc1ccccc1)Pc1ccccc1. The van der Waals surface area contributed by atoms with Crippen molar-refractivity contribution in [3.63, 3.8) is 0 Å². The summed E-state index contributed by atoms with van der Waals surface area (Å²) in [6.07, 6.45) is 0. The van der Waals surface area contributed by atoms with Gasteiger partial charge in [-0.3, -0.25) is 0 Å². The lowest BCUT2D eigenvalue weighted by molar-refractivity contribution is 1.37. The molecule has 0 heterocycles. The first kappa shape index (κ1) is 13.5. The van der Waals surface area contributed by atoms with Gasteiger partial charge in [-0.1, -0.05) is 90.0 Å². The predicted molar refractivity (Wildman–Crippen MR) is 87.4 cm³/mol. The molecule has 0 saturated carbocycles. The lowest BCUT2D eigenvalue weighted by Gasteiger charge is -2.17. The van der Waals surface area contributed by atoms with Crippen LogP contribution in [0.15, 0.2) is 72.8 Å². The summed E-state index contributed by atoms with van der Waals surface area (Å²) in [5.74, 6) is 0. The Labute approximate surface area is 113 Å². The molecule has 0 aliphatic rings. The van der Waals surface area contributed by atoms with E-state index in [0.29, 0.717) is 5.40 Å². The van der Waals surface area contributed by atoms with Crippen molar-refractivity contribution < 1.29 is 0 Å². The van der Waals surface area contributed by atoms with E-state index in [2.05, 4.69) is 74.2 Å². The molecule has 18 heavy (non-hydrogen) atoms. The molecule has 0 bridgehead atoms. The third-order valence-corrected chi connectivity index (χ3v) is 6.42. The molecule has 0 fully saturated rings. The maximum Gasteiger partial charge on any atom is 0.0222 e. The van der Waals surface area contributed by atoms with E-state index >= 15 is 0 Å². The molecular weight excluding hydrogens is 254 g/mol. The summed E-state index contributed by atoms with van der Waals surface area (Å²) in [5, 5.41) is 3.43. The molecule has 0 radical (unpaired) electrons. The van der Waals surface area contributed by atoms with E-state index in [9.17, 15) is 0 Å². The fourth-order valence-electron chi connectivity index (χ4n) is 1.68. The van der Waals surface area contributed by atoms with Crippen LogP contribution in [0.4, 0.5) is 0 Å². The minimum absolute atomic E-state index is 0.579. The molecule has 2 heteroatoms. The highest BCUT2D eigenvalue weighted by Crippen LogP contribution is 2.37. The minimum atomic E-state index is 0.579. The first-order valence-corrected chi connectivity index (χ1v) is 8.20. The van der Waals surface area contributed by atoms with Crippen molar-refractivity contribution in [3.05, 3.63) is 72.8 Å². The Bertz CT molecular complexity index is 450. The zero-order chi connectivity index (χ0) is 12.8. The van der Waals surface area contributed by atoms with Gasteiger partial charge in [-0.25, -0.2) is 0 Å². The molecule has 2 aromatic rings. The lowest BCUT2D eigenvalue weighted by Crippen LogP contribution is -2.06. The monoisotopic (exact) mass is 272 g/mol. The molecule has 0 saturated heterocycles. The summed E-state index contributed by atoms with van der Waals surface area (Å²) >= 11 is 0. The third kappa shape index (κ3) is 4.05. The Morgan fingerprint density at radius 1 is 0.833 bits per heavy atom. The van der Waals surface area contributed by atoms with Gasteiger partial charge in [0.15, 0.2) is 0 Å². The second-order valence-electron chi connectivity index (χ2n) is 4.30. The number of hydrogen-bond donors (Lipinski definition) is 0. The second-order valence-corrected chi connectivity index (χ2v) is 7.76. The normalized spacial score (nSPS) is 13.4. The summed E-state index contributed by atoms with van der Waals surface area (Å²) in [7, 11) is 1.63. The topological polar surface area (TPSA) is 0 Å². The van der Waals surface area contributed by atoms with Crippen molar-refractivity contribution in [2.24, 2.45) is 0 Å². The van der Waals surface area contributed by atoms with Crippen LogP contribution in [-0.2, 0) is 0 Å². The first-order chi connectivity index (χ1) is 8.75. The van der Waals surface area contributed by atoms with Gasteiger partial charge < -0.3 is 0 Å². The van der Waals surface area contributed by atoms with Gasteiger partial charge in [0.1, 0.15) is 0 Å². The van der Waals surface area contributed by atoms with Crippen LogP contribution in [0, 0.1) is 0 Å². The van der Waals surface area contributed by atoms with Crippen LogP contribution in [0.1, 0.15) is 6.92 Å². The van der Waals surface area contributed by atoms with Gasteiger partial charge in [0.25, 0.3) is 0 Å². The third-order valence-electron chi connectivity index (χ3n) is 2.66. The van der Waals surface area contributed by atoms with Crippen molar-refractivity contribution in [2.45, 2.75) is 12.3 Å². The summed E-state index contributed by atoms with van der Waals surface area (Å²) in [6, 6.07) is 21.5. The van der Waals surface area contributed by atoms with E-state index in [1.54, 1.807) is 0 Å². The second kappa shape index (κ2) is 6.83. The summed E-state index contributed by atoms with van der Waals surface area (Å²) in [6.45, 7) is 6.31. The zero-order valence-corrected chi connectivity index (χ0v) is 12.6. The molecule has 0 aromatic heterocycles. The summed E-state index contributed by atoms with van der Waals surface area (Å²) < 4.78 is 0. The fourth-order valence-corrected chi connectivity index (χ4v) is 4.90. The number of benzene rings is 2. The highest BCUT2D eigenvalue weighted by atomic mass is 31.1. The first-order valence-electron chi connectivity index (χ1n) is 6.04. The lowest BCUT2D eigenvalue weighted by atomic mass is 10.4. The largest absolute Gasteiger partial charge is 0.0991 e. The number of hydrogen-bond acceptors (Lipinski definition) is 0. The highest BCUT2D eigenvalue weighted by molar-refractivity contribution is 7.66. The summed E-state index contributed by atoms with van der Waals surface area (Å²) in [4.78, 5) is 0. The van der Waals surface area contributed by atoms with Crippen LogP contribution >= 0.6 is 17.2 Å². The van der Waals surface area contributed by atoms with Gasteiger partial charge in [-0.15, -0.1) is 0 Å². The molecule has 0 aliphatic heterocycles. The van der Waals surface area contributed by atoms with Gasteiger partial charge >= 0.3 is 0 Å². The van der Waals surface area contributed by atoms with Gasteiger partial charge in [0.2, 0.25) is 0 Å². The van der Waals surface area contributed by atoms with Crippen molar-refractivity contribution in [2.75, 3.05) is 0 Å². The van der Waals surface area contributed by atoms with Crippen LogP contribution in [0.2, 0.25) is 0 Å². The Balaban J connectivity index is 2.08. The van der Waals surface area contributed by atoms with Crippen LogP contribution in [-0.4, -0.2) is 5.40 Å². The van der Waals surface area contributed by atoms with Gasteiger partial charge in [-0.05, 0) is 17.5 Å². The molecule has 2 atom stereocenters. The van der Waals surface area contributed by atoms with E-state index in [0.717, 1.165) is 17.2 Å². The fraction of sp³-hybridized carbons (Fsp3) is 0.125. The molecule has 0 amide bonds. The van der Waals surface area contributed by atoms with Gasteiger partial charge in [-0.2, -0.15) is 0 Å². The average molecular weight is 272 g/mol. The average Bonchev–Trinajstić information content (AvgIpc) is 2.40. The Morgan fingerprint density at radius 2 is 1.22 bits per heavy atom. The predicted octanol–water partition coefficient (Wildman–Crippen LogP) is 3.90. The quantitative estimate of drug-likeness (QED) is 0.572. The Hall–Kier alpha value is -0.960. The summed E-state index contributed by atoms with van der Waals surface area (Å²) in [5.41, 5.74) is 1.29. The minimum Gasteiger partial charge on any atom is -0.0991 e. The van der Waals surface area contributed by atoms with Crippen molar-refractivity contribution in [1.29, 1.82) is 0 Å². The molecule has 2 unspecified atom stereocenters. The Kier molecular flexibility index (Phi) is 5.12. The van der Waals surface area contributed by atoms with Crippen molar-refractivity contribution in [3.8, 4) is 0 Å².